The first-order valence-corrected chi connectivity index (χ1v) is 10.2. The SMILES string of the molecule is Cc1nc2nc(C(F)(F)F)nn2c(C)c1CCC(=O)NC(Cn1cncn1)c1ccccc1. The van der Waals surface area contributed by atoms with Crippen molar-refractivity contribution in [3.63, 3.8) is 0 Å². The highest BCUT2D eigenvalue weighted by molar-refractivity contribution is 5.76. The van der Waals surface area contributed by atoms with Gasteiger partial charge in [-0.3, -0.25) is 9.48 Å². The predicted octanol–water partition coefficient (Wildman–Crippen LogP) is 2.84. The lowest BCUT2D eigenvalue weighted by Crippen LogP contribution is -2.32. The van der Waals surface area contributed by atoms with E-state index in [9.17, 15) is 18.0 Å². The van der Waals surface area contributed by atoms with Gasteiger partial charge in [0.25, 0.3) is 11.6 Å². The number of benzene rings is 1. The molecule has 4 rings (SSSR count). The van der Waals surface area contributed by atoms with Crippen molar-refractivity contribution >= 4 is 11.7 Å². The van der Waals surface area contributed by atoms with Crippen molar-refractivity contribution in [2.24, 2.45) is 0 Å². The predicted molar refractivity (Wildman–Crippen MR) is 111 cm³/mol. The molecule has 3 aromatic heterocycles. The van der Waals surface area contributed by atoms with E-state index in [1.54, 1.807) is 24.9 Å². The summed E-state index contributed by atoms with van der Waals surface area (Å²) in [4.78, 5) is 24.3. The maximum absolute atomic E-state index is 13.0. The van der Waals surface area contributed by atoms with Crippen LogP contribution in [0.2, 0.25) is 0 Å². The first-order valence-electron chi connectivity index (χ1n) is 10.2. The van der Waals surface area contributed by atoms with Crippen molar-refractivity contribution in [2.45, 2.75) is 45.5 Å². The Hall–Kier alpha value is -3.83. The molecule has 1 N–H and O–H groups in total. The number of carbonyl (C=O) groups is 1. The summed E-state index contributed by atoms with van der Waals surface area (Å²) >= 11 is 0. The van der Waals surface area contributed by atoms with Gasteiger partial charge in [0.1, 0.15) is 12.7 Å². The highest BCUT2D eigenvalue weighted by atomic mass is 19.4. The van der Waals surface area contributed by atoms with Gasteiger partial charge in [0, 0.05) is 17.8 Å². The minimum Gasteiger partial charge on any atom is -0.347 e. The number of amides is 1. The van der Waals surface area contributed by atoms with Gasteiger partial charge in [-0.05, 0) is 31.4 Å². The van der Waals surface area contributed by atoms with Crippen LogP contribution in [-0.4, -0.2) is 40.3 Å². The second-order valence-electron chi connectivity index (χ2n) is 7.55. The number of aromatic nitrogens is 7. The Morgan fingerprint density at radius 2 is 1.91 bits per heavy atom. The monoisotopic (exact) mass is 458 g/mol. The molecule has 1 aromatic carbocycles. The highest BCUT2D eigenvalue weighted by Gasteiger charge is 2.37. The van der Waals surface area contributed by atoms with Crippen molar-refractivity contribution < 1.29 is 18.0 Å². The third-order valence-electron chi connectivity index (χ3n) is 5.28. The maximum atomic E-state index is 13.0. The lowest BCUT2D eigenvalue weighted by atomic mass is 10.0. The van der Waals surface area contributed by atoms with E-state index in [1.165, 1.54) is 6.33 Å². The average molecular weight is 458 g/mol. The van der Waals surface area contributed by atoms with Crippen molar-refractivity contribution in [2.75, 3.05) is 0 Å². The van der Waals surface area contributed by atoms with Crippen LogP contribution >= 0.6 is 0 Å². The molecule has 0 bridgehead atoms. The number of nitrogens with one attached hydrogen (secondary N) is 1. The number of fused-ring (bicyclic) bond motifs is 1. The lowest BCUT2D eigenvalue weighted by molar-refractivity contribution is -0.144. The number of carbonyl (C=O) groups excluding carboxylic acids is 1. The van der Waals surface area contributed by atoms with Crippen LogP contribution in [0.15, 0.2) is 43.0 Å². The number of halogens is 3. The van der Waals surface area contributed by atoms with Gasteiger partial charge in [0.15, 0.2) is 0 Å². The minimum atomic E-state index is -4.66. The standard InChI is InChI=1S/C21H21F3N8O/c1-13-16(14(2)32-20(27-13)29-19(30-32)21(22,23)24)8-9-18(33)28-17(10-31-12-25-11-26-31)15-6-4-3-5-7-15/h3-7,11-12,17H,8-10H2,1-2H3,(H,28,33). The largest absolute Gasteiger partial charge is 0.453 e. The van der Waals surface area contributed by atoms with E-state index in [2.05, 4.69) is 30.5 Å². The molecule has 4 aromatic rings. The van der Waals surface area contributed by atoms with Gasteiger partial charge in [0.2, 0.25) is 5.91 Å². The lowest BCUT2D eigenvalue weighted by Gasteiger charge is -2.19. The average Bonchev–Trinajstić information content (AvgIpc) is 3.43. The molecule has 172 valence electrons. The minimum absolute atomic E-state index is 0.121. The van der Waals surface area contributed by atoms with Gasteiger partial charge in [-0.1, -0.05) is 30.3 Å². The first-order chi connectivity index (χ1) is 15.7. The molecule has 0 radical (unpaired) electrons. The van der Waals surface area contributed by atoms with E-state index in [-0.39, 0.29) is 24.1 Å². The normalized spacial score (nSPS) is 12.8. The Morgan fingerprint density at radius 1 is 1.15 bits per heavy atom. The molecule has 12 heteroatoms. The second kappa shape index (κ2) is 8.96. The zero-order valence-electron chi connectivity index (χ0n) is 17.9. The van der Waals surface area contributed by atoms with Crippen LogP contribution in [0, 0.1) is 13.8 Å². The van der Waals surface area contributed by atoms with Gasteiger partial charge in [-0.25, -0.2) is 14.5 Å². The summed E-state index contributed by atoms with van der Waals surface area (Å²) in [6.45, 7) is 3.72. The molecule has 9 nitrogen and oxygen atoms in total. The summed E-state index contributed by atoms with van der Waals surface area (Å²) in [5.74, 6) is -1.58. The van der Waals surface area contributed by atoms with Crippen molar-refractivity contribution in [1.82, 2.24) is 39.7 Å². The Kier molecular flexibility index (Phi) is 6.07. The Bertz CT molecular complexity index is 1250. The number of alkyl halides is 3. The molecule has 0 aliphatic carbocycles. The van der Waals surface area contributed by atoms with E-state index in [0.717, 1.165) is 10.1 Å². The van der Waals surface area contributed by atoms with E-state index in [1.807, 2.05) is 30.3 Å². The van der Waals surface area contributed by atoms with Crippen LogP contribution in [0.25, 0.3) is 5.78 Å². The molecule has 1 unspecified atom stereocenters. The zero-order chi connectivity index (χ0) is 23.6. The van der Waals surface area contributed by atoms with Crippen LogP contribution in [0.4, 0.5) is 13.2 Å². The first kappa shape index (κ1) is 22.4. The fourth-order valence-corrected chi connectivity index (χ4v) is 3.63. The molecule has 1 amide bonds. The van der Waals surface area contributed by atoms with Crippen molar-refractivity contribution in [1.29, 1.82) is 0 Å². The Morgan fingerprint density at radius 3 is 2.58 bits per heavy atom. The van der Waals surface area contributed by atoms with Crippen LogP contribution in [0.1, 0.15) is 40.8 Å². The topological polar surface area (TPSA) is 103 Å². The van der Waals surface area contributed by atoms with Crippen LogP contribution in [0.5, 0.6) is 0 Å². The summed E-state index contributed by atoms with van der Waals surface area (Å²) in [6.07, 6.45) is -1.25. The third kappa shape index (κ3) is 4.99. The van der Waals surface area contributed by atoms with Crippen LogP contribution in [0.3, 0.4) is 0 Å². The van der Waals surface area contributed by atoms with Crippen LogP contribution in [-0.2, 0) is 23.9 Å². The maximum Gasteiger partial charge on any atom is 0.453 e. The van der Waals surface area contributed by atoms with Gasteiger partial charge in [0.05, 0.1) is 12.6 Å². The molecule has 0 saturated carbocycles. The molecule has 33 heavy (non-hydrogen) atoms. The quantitative estimate of drug-likeness (QED) is 0.457. The number of nitrogens with zero attached hydrogens (tertiary/aromatic N) is 7. The summed E-state index contributed by atoms with van der Waals surface area (Å²) in [5, 5.41) is 10.7. The van der Waals surface area contributed by atoms with Crippen molar-refractivity contribution in [3.05, 3.63) is 71.3 Å². The highest BCUT2D eigenvalue weighted by Crippen LogP contribution is 2.27. The Balaban J connectivity index is 1.50. The van der Waals surface area contributed by atoms with Gasteiger partial charge >= 0.3 is 6.18 Å². The number of hydrogen-bond donors (Lipinski definition) is 1. The molecule has 0 saturated heterocycles. The molecular formula is C21H21F3N8O. The summed E-state index contributed by atoms with van der Waals surface area (Å²) in [7, 11) is 0. The van der Waals surface area contributed by atoms with E-state index in [4.69, 9.17) is 0 Å². The summed E-state index contributed by atoms with van der Waals surface area (Å²) in [5.41, 5.74) is 2.55. The van der Waals surface area contributed by atoms with Gasteiger partial charge in [-0.15, -0.1) is 5.10 Å². The smallest absolute Gasteiger partial charge is 0.347 e. The van der Waals surface area contributed by atoms with Crippen molar-refractivity contribution in [3.8, 4) is 0 Å². The fraction of sp³-hybridized carbons (Fsp3) is 0.333. The van der Waals surface area contributed by atoms with E-state index in [0.29, 0.717) is 29.9 Å². The molecular weight excluding hydrogens is 437 g/mol. The van der Waals surface area contributed by atoms with E-state index < -0.39 is 12.0 Å². The van der Waals surface area contributed by atoms with Gasteiger partial charge in [-0.2, -0.15) is 23.3 Å². The molecule has 0 aliphatic heterocycles. The molecule has 1 atom stereocenters. The second-order valence-corrected chi connectivity index (χ2v) is 7.55. The summed E-state index contributed by atoms with van der Waals surface area (Å²) < 4.78 is 41.6. The zero-order valence-corrected chi connectivity index (χ0v) is 17.9. The number of aryl methyl sites for hydroxylation is 2. The fourth-order valence-electron chi connectivity index (χ4n) is 3.63. The Labute approximate surface area is 186 Å². The molecule has 3 heterocycles. The van der Waals surface area contributed by atoms with Crippen LogP contribution < -0.4 is 5.32 Å². The van der Waals surface area contributed by atoms with E-state index >= 15 is 0 Å². The number of rotatable bonds is 7. The third-order valence-corrected chi connectivity index (χ3v) is 5.28. The summed E-state index contributed by atoms with van der Waals surface area (Å²) in [6, 6.07) is 9.16. The molecule has 0 fully saturated rings. The number of hydrogen-bond acceptors (Lipinski definition) is 6. The molecule has 0 spiro atoms. The van der Waals surface area contributed by atoms with Gasteiger partial charge < -0.3 is 5.32 Å². The molecule has 0 aliphatic rings.